The van der Waals surface area contributed by atoms with Crippen molar-refractivity contribution in [2.75, 3.05) is 13.1 Å². The largest absolute Gasteiger partial charge is 0.393 e. The first-order valence-electron chi connectivity index (χ1n) is 8.55. The Morgan fingerprint density at radius 1 is 1.27 bits per heavy atom. The summed E-state index contributed by atoms with van der Waals surface area (Å²) in [4.78, 5) is 15.5. The number of hydrogen-bond donors (Lipinski definition) is 1. The van der Waals surface area contributed by atoms with Gasteiger partial charge in [0.1, 0.15) is 0 Å². The molecule has 4 atom stereocenters. The Balaban J connectivity index is 1.91. The summed E-state index contributed by atoms with van der Waals surface area (Å²) in [7, 11) is 0. The minimum absolute atomic E-state index is 0.0399. The predicted octanol–water partition coefficient (Wildman–Crippen LogP) is 2.73. The van der Waals surface area contributed by atoms with E-state index in [1.165, 1.54) is 0 Å². The van der Waals surface area contributed by atoms with E-state index in [-0.39, 0.29) is 16.9 Å². The Labute approximate surface area is 132 Å². The van der Waals surface area contributed by atoms with Crippen LogP contribution in [0.1, 0.15) is 45.1 Å². The lowest BCUT2D eigenvalue weighted by Crippen LogP contribution is -2.61. The van der Waals surface area contributed by atoms with Gasteiger partial charge < -0.3 is 10.0 Å². The van der Waals surface area contributed by atoms with E-state index < -0.39 is 5.41 Å². The van der Waals surface area contributed by atoms with Gasteiger partial charge in [0.25, 0.3) is 0 Å². The van der Waals surface area contributed by atoms with Crippen molar-refractivity contribution in [2.45, 2.75) is 51.0 Å². The van der Waals surface area contributed by atoms with Gasteiger partial charge in [-0.2, -0.15) is 0 Å². The van der Waals surface area contributed by atoms with E-state index in [0.717, 1.165) is 44.3 Å². The summed E-state index contributed by atoms with van der Waals surface area (Å²) in [6.45, 7) is 5.89. The Morgan fingerprint density at radius 3 is 2.68 bits per heavy atom. The second-order valence-corrected chi connectivity index (χ2v) is 7.64. The molecule has 1 saturated heterocycles. The first kappa shape index (κ1) is 14.3. The van der Waals surface area contributed by atoms with Gasteiger partial charge >= 0.3 is 0 Å². The molecule has 0 aromatic heterocycles. The minimum Gasteiger partial charge on any atom is -0.393 e. The Kier molecular flexibility index (Phi) is 2.82. The van der Waals surface area contributed by atoms with Crippen molar-refractivity contribution in [1.82, 2.24) is 4.90 Å². The predicted molar refractivity (Wildman–Crippen MR) is 85.4 cm³/mol. The van der Waals surface area contributed by atoms with Gasteiger partial charge in [-0.1, -0.05) is 37.3 Å². The second kappa shape index (κ2) is 4.35. The lowest BCUT2D eigenvalue weighted by Gasteiger charge is -2.53. The van der Waals surface area contributed by atoms with Crippen LogP contribution in [0.2, 0.25) is 0 Å². The molecule has 22 heavy (non-hydrogen) atoms. The van der Waals surface area contributed by atoms with E-state index in [1.807, 2.05) is 23.1 Å². The molecule has 3 heteroatoms. The van der Waals surface area contributed by atoms with Crippen LogP contribution < -0.4 is 0 Å². The molecule has 1 heterocycles. The van der Waals surface area contributed by atoms with Crippen LogP contribution >= 0.6 is 0 Å². The number of likely N-dealkylation sites (N-methyl/N-ethyl adjacent to an activating group) is 1. The number of piperidine rings is 1. The number of carbonyl (C=O) groups is 1. The molecule has 2 aliphatic carbocycles. The normalized spacial score (nSPS) is 43.5. The van der Waals surface area contributed by atoms with Gasteiger partial charge in [-0.25, -0.2) is 0 Å². The number of rotatable bonds is 2. The Hall–Kier alpha value is -1.35. The third-order valence-electron chi connectivity index (χ3n) is 7.09. The number of amides is 1. The highest BCUT2D eigenvalue weighted by molar-refractivity contribution is 5.91. The number of hydrogen-bond acceptors (Lipinski definition) is 2. The molecule has 1 amide bonds. The number of likely N-dealkylation sites (tertiary alicyclic amines) is 1. The standard InChI is InChI=1S/C19H25NO2/c1-3-20-12-11-18-13-17(18,2)15(21)9-10-19(18,16(20)22)14-7-5-4-6-8-14/h4-8,15,21H,3,9-13H2,1-2H3/t15-,17-,18?,19-/m0/s1. The highest BCUT2D eigenvalue weighted by Gasteiger charge is 2.81. The van der Waals surface area contributed by atoms with Crippen molar-refractivity contribution >= 4 is 5.91 Å². The van der Waals surface area contributed by atoms with E-state index >= 15 is 0 Å². The molecule has 0 bridgehead atoms. The van der Waals surface area contributed by atoms with Gasteiger partial charge in [-0.15, -0.1) is 0 Å². The van der Waals surface area contributed by atoms with Crippen molar-refractivity contribution in [3.63, 3.8) is 0 Å². The molecule has 1 spiro atoms. The average molecular weight is 299 g/mol. The smallest absolute Gasteiger partial charge is 0.233 e. The molecule has 1 aliphatic heterocycles. The summed E-state index contributed by atoms with van der Waals surface area (Å²) in [6.07, 6.45) is 3.26. The van der Waals surface area contributed by atoms with Crippen LogP contribution in [0.25, 0.3) is 0 Å². The fraction of sp³-hybridized carbons (Fsp3) is 0.632. The van der Waals surface area contributed by atoms with E-state index in [0.29, 0.717) is 5.91 Å². The molecular formula is C19H25NO2. The number of nitrogens with zero attached hydrogens (tertiary/aromatic N) is 1. The number of carbonyl (C=O) groups excluding carboxylic acids is 1. The molecule has 3 aliphatic rings. The average Bonchev–Trinajstić information content (AvgIpc) is 3.17. The zero-order chi connectivity index (χ0) is 15.6. The van der Waals surface area contributed by atoms with Crippen LogP contribution in [-0.4, -0.2) is 35.1 Å². The van der Waals surface area contributed by atoms with Gasteiger partial charge in [-0.05, 0) is 43.6 Å². The molecule has 4 rings (SSSR count). The topological polar surface area (TPSA) is 40.5 Å². The molecule has 1 aromatic carbocycles. The van der Waals surface area contributed by atoms with Gasteiger partial charge in [0.2, 0.25) is 5.91 Å². The summed E-state index contributed by atoms with van der Waals surface area (Å²) < 4.78 is 0. The molecule has 118 valence electrons. The van der Waals surface area contributed by atoms with Crippen molar-refractivity contribution < 1.29 is 9.90 Å². The van der Waals surface area contributed by atoms with Crippen LogP contribution in [0.4, 0.5) is 0 Å². The molecule has 3 fully saturated rings. The summed E-state index contributed by atoms with van der Waals surface area (Å²) in [5, 5.41) is 10.6. The molecular weight excluding hydrogens is 274 g/mol. The first-order chi connectivity index (χ1) is 10.5. The SMILES string of the molecule is CCN1CCC23C[C@@]2(C)[C@@H](O)CC[C@]3(c2ccccc2)C1=O. The van der Waals surface area contributed by atoms with E-state index in [2.05, 4.69) is 26.0 Å². The lowest BCUT2D eigenvalue weighted by molar-refractivity contribution is -0.152. The summed E-state index contributed by atoms with van der Waals surface area (Å²) in [5.74, 6) is 0.295. The molecule has 1 N–H and O–H groups in total. The quantitative estimate of drug-likeness (QED) is 0.912. The van der Waals surface area contributed by atoms with Crippen molar-refractivity contribution in [1.29, 1.82) is 0 Å². The second-order valence-electron chi connectivity index (χ2n) is 7.64. The van der Waals surface area contributed by atoms with Crippen LogP contribution in [0, 0.1) is 10.8 Å². The fourth-order valence-electron chi connectivity index (χ4n) is 5.73. The Morgan fingerprint density at radius 2 is 2.00 bits per heavy atom. The molecule has 3 nitrogen and oxygen atoms in total. The van der Waals surface area contributed by atoms with Crippen LogP contribution in [0.3, 0.4) is 0 Å². The first-order valence-corrected chi connectivity index (χ1v) is 8.55. The van der Waals surface area contributed by atoms with Crippen LogP contribution in [0.15, 0.2) is 30.3 Å². The zero-order valence-electron chi connectivity index (χ0n) is 13.5. The summed E-state index contributed by atoms with van der Waals surface area (Å²) in [5.41, 5.74) is 0.614. The number of benzene rings is 1. The van der Waals surface area contributed by atoms with Crippen molar-refractivity contribution in [2.24, 2.45) is 10.8 Å². The molecule has 1 unspecified atom stereocenters. The third kappa shape index (κ3) is 1.39. The summed E-state index contributed by atoms with van der Waals surface area (Å²) >= 11 is 0. The van der Waals surface area contributed by atoms with E-state index in [1.54, 1.807) is 0 Å². The maximum Gasteiger partial charge on any atom is 0.233 e. The van der Waals surface area contributed by atoms with Crippen LogP contribution in [0.5, 0.6) is 0 Å². The third-order valence-corrected chi connectivity index (χ3v) is 7.09. The lowest BCUT2D eigenvalue weighted by atomic mass is 9.54. The highest BCUT2D eigenvalue weighted by atomic mass is 16.3. The number of aliphatic hydroxyl groups is 1. The summed E-state index contributed by atoms with van der Waals surface area (Å²) in [6, 6.07) is 10.3. The van der Waals surface area contributed by atoms with Crippen molar-refractivity contribution in [3.8, 4) is 0 Å². The highest BCUT2D eigenvalue weighted by Crippen LogP contribution is 2.80. The zero-order valence-corrected chi connectivity index (χ0v) is 13.5. The van der Waals surface area contributed by atoms with E-state index in [4.69, 9.17) is 0 Å². The molecule has 2 saturated carbocycles. The van der Waals surface area contributed by atoms with E-state index in [9.17, 15) is 9.90 Å². The van der Waals surface area contributed by atoms with Gasteiger partial charge in [0, 0.05) is 18.5 Å². The molecule has 0 radical (unpaired) electrons. The van der Waals surface area contributed by atoms with Gasteiger partial charge in [-0.3, -0.25) is 4.79 Å². The van der Waals surface area contributed by atoms with Crippen LogP contribution in [-0.2, 0) is 10.2 Å². The maximum absolute atomic E-state index is 13.4. The molecule has 1 aromatic rings. The van der Waals surface area contributed by atoms with Gasteiger partial charge in [0.05, 0.1) is 11.5 Å². The number of aliphatic hydroxyl groups excluding tert-OH is 1. The maximum atomic E-state index is 13.4. The van der Waals surface area contributed by atoms with Crippen molar-refractivity contribution in [3.05, 3.63) is 35.9 Å². The monoisotopic (exact) mass is 299 g/mol. The minimum atomic E-state index is -0.420. The fourth-order valence-corrected chi connectivity index (χ4v) is 5.73. The van der Waals surface area contributed by atoms with Gasteiger partial charge in [0.15, 0.2) is 0 Å². The Bertz CT molecular complexity index is 615.